The minimum Gasteiger partial charge on any atom is -0.142 e. The van der Waals surface area contributed by atoms with Crippen LogP contribution in [0.1, 0.15) is 9.75 Å². The van der Waals surface area contributed by atoms with Crippen LogP contribution in [0.3, 0.4) is 0 Å². The first-order chi connectivity index (χ1) is 4.79. The van der Waals surface area contributed by atoms with Gasteiger partial charge >= 0.3 is 0 Å². The van der Waals surface area contributed by atoms with Crippen LogP contribution in [-0.2, 0) is 0 Å². The van der Waals surface area contributed by atoms with E-state index in [1.807, 2.05) is 0 Å². The summed E-state index contributed by atoms with van der Waals surface area (Å²) in [4.78, 5) is 2.61. The van der Waals surface area contributed by atoms with Crippen molar-refractivity contribution in [3.05, 3.63) is 9.75 Å². The highest BCUT2D eigenvalue weighted by molar-refractivity contribution is 7.20. The molecule has 2 rings (SSSR count). The van der Waals surface area contributed by atoms with Crippen LogP contribution < -0.4 is 0 Å². The molecule has 0 saturated carbocycles. The van der Waals surface area contributed by atoms with Gasteiger partial charge in [-0.3, -0.25) is 0 Å². The lowest BCUT2D eigenvalue weighted by molar-refractivity contribution is 1.19. The SMILES string of the molecule is Cc1sc(C)c2snnc12. The maximum absolute atomic E-state index is 4.02. The zero-order valence-corrected chi connectivity index (χ0v) is 7.34. The largest absolute Gasteiger partial charge is 0.142 e. The number of fused-ring (bicyclic) bond motifs is 1. The van der Waals surface area contributed by atoms with Crippen LogP contribution in [0.5, 0.6) is 0 Å². The molecule has 0 aromatic carbocycles. The summed E-state index contributed by atoms with van der Waals surface area (Å²) < 4.78 is 5.13. The number of hydrogen-bond donors (Lipinski definition) is 0. The maximum atomic E-state index is 4.02. The van der Waals surface area contributed by atoms with Crippen LogP contribution >= 0.6 is 22.9 Å². The summed E-state index contributed by atoms with van der Waals surface area (Å²) in [5, 5.41) is 4.02. The Balaban J connectivity index is 2.98. The minimum atomic E-state index is 1.09. The topological polar surface area (TPSA) is 25.8 Å². The number of thiophene rings is 1. The smallest absolute Gasteiger partial charge is 0.119 e. The second-order valence-electron chi connectivity index (χ2n) is 2.17. The molecule has 0 N–H and O–H groups in total. The highest BCUT2D eigenvalue weighted by atomic mass is 32.1. The van der Waals surface area contributed by atoms with Crippen molar-refractivity contribution in [3.63, 3.8) is 0 Å². The van der Waals surface area contributed by atoms with Gasteiger partial charge in [0.15, 0.2) is 0 Å². The number of rotatable bonds is 0. The van der Waals surface area contributed by atoms with Gasteiger partial charge in [0.2, 0.25) is 0 Å². The van der Waals surface area contributed by atoms with E-state index in [4.69, 9.17) is 0 Å². The van der Waals surface area contributed by atoms with Crippen molar-refractivity contribution in [2.24, 2.45) is 0 Å². The zero-order chi connectivity index (χ0) is 7.14. The molecule has 0 radical (unpaired) electrons. The van der Waals surface area contributed by atoms with Crippen molar-refractivity contribution in [1.29, 1.82) is 0 Å². The summed E-state index contributed by atoms with van der Waals surface area (Å²) in [7, 11) is 0. The fourth-order valence-electron chi connectivity index (χ4n) is 0.976. The van der Waals surface area contributed by atoms with Crippen LogP contribution in [-0.4, -0.2) is 9.59 Å². The van der Waals surface area contributed by atoms with Crippen molar-refractivity contribution in [2.75, 3.05) is 0 Å². The van der Waals surface area contributed by atoms with Gasteiger partial charge in [-0.15, -0.1) is 16.4 Å². The standard InChI is InChI=1S/C6H6N2S2/c1-3-5-6(4(2)9-3)10-8-7-5/h1-2H3. The van der Waals surface area contributed by atoms with E-state index in [1.165, 1.54) is 26.0 Å². The summed E-state index contributed by atoms with van der Waals surface area (Å²) in [6.07, 6.45) is 0. The molecule has 52 valence electrons. The quantitative estimate of drug-likeness (QED) is 0.606. The van der Waals surface area contributed by atoms with Crippen molar-refractivity contribution in [1.82, 2.24) is 9.59 Å². The maximum Gasteiger partial charge on any atom is 0.119 e. The van der Waals surface area contributed by atoms with E-state index in [0.717, 1.165) is 5.52 Å². The Morgan fingerprint density at radius 2 is 2.00 bits per heavy atom. The van der Waals surface area contributed by atoms with Crippen LogP contribution in [0.2, 0.25) is 0 Å². The van der Waals surface area contributed by atoms with E-state index in [-0.39, 0.29) is 0 Å². The zero-order valence-electron chi connectivity index (χ0n) is 5.71. The third-order valence-electron chi connectivity index (χ3n) is 1.45. The van der Waals surface area contributed by atoms with Crippen LogP contribution in [0.25, 0.3) is 10.2 Å². The Kier molecular flexibility index (Phi) is 1.25. The average Bonchev–Trinajstić information content (AvgIpc) is 2.39. The fourth-order valence-corrected chi connectivity index (χ4v) is 2.78. The highest BCUT2D eigenvalue weighted by Crippen LogP contribution is 2.30. The van der Waals surface area contributed by atoms with E-state index in [0.29, 0.717) is 0 Å². The molecular formula is C6H6N2S2. The molecule has 0 bridgehead atoms. The molecule has 10 heavy (non-hydrogen) atoms. The molecule has 0 spiro atoms. The van der Waals surface area contributed by atoms with Gasteiger partial charge < -0.3 is 0 Å². The molecule has 2 heterocycles. The number of hydrogen-bond acceptors (Lipinski definition) is 4. The molecule has 0 aliphatic heterocycles. The lowest BCUT2D eigenvalue weighted by Gasteiger charge is -1.74. The van der Waals surface area contributed by atoms with Crippen LogP contribution in [0, 0.1) is 13.8 Å². The first-order valence-electron chi connectivity index (χ1n) is 2.97. The molecule has 0 fully saturated rings. The lowest BCUT2D eigenvalue weighted by Crippen LogP contribution is -1.64. The van der Waals surface area contributed by atoms with Crippen molar-refractivity contribution in [2.45, 2.75) is 13.8 Å². The Hall–Kier alpha value is -0.480. The third-order valence-corrected chi connectivity index (χ3v) is 3.43. The average molecular weight is 170 g/mol. The van der Waals surface area contributed by atoms with Gasteiger partial charge in [0, 0.05) is 9.75 Å². The van der Waals surface area contributed by atoms with E-state index in [9.17, 15) is 0 Å². The molecular weight excluding hydrogens is 164 g/mol. The summed E-state index contributed by atoms with van der Waals surface area (Å²) in [6, 6.07) is 0. The molecule has 0 atom stereocenters. The summed E-state index contributed by atoms with van der Waals surface area (Å²) in [5.74, 6) is 0. The van der Waals surface area contributed by atoms with Gasteiger partial charge in [0.05, 0.1) is 4.70 Å². The Morgan fingerprint density at radius 1 is 1.20 bits per heavy atom. The molecule has 0 aliphatic carbocycles. The van der Waals surface area contributed by atoms with Crippen LogP contribution in [0.15, 0.2) is 0 Å². The van der Waals surface area contributed by atoms with Crippen LogP contribution in [0.4, 0.5) is 0 Å². The van der Waals surface area contributed by atoms with Gasteiger partial charge in [0.25, 0.3) is 0 Å². The van der Waals surface area contributed by atoms with Crippen molar-refractivity contribution >= 4 is 33.1 Å². The molecule has 0 unspecified atom stereocenters. The van der Waals surface area contributed by atoms with Crippen molar-refractivity contribution in [3.8, 4) is 0 Å². The molecule has 2 nitrogen and oxygen atoms in total. The second kappa shape index (κ2) is 2.00. The van der Waals surface area contributed by atoms with Gasteiger partial charge in [-0.25, -0.2) is 0 Å². The molecule has 2 aromatic heterocycles. The summed E-state index contributed by atoms with van der Waals surface area (Å²) in [5.41, 5.74) is 1.09. The Bertz CT molecular complexity index is 329. The second-order valence-corrected chi connectivity index (χ2v) is 4.35. The fraction of sp³-hybridized carbons (Fsp3) is 0.333. The van der Waals surface area contributed by atoms with Gasteiger partial charge in [0.1, 0.15) is 5.52 Å². The molecule has 0 aliphatic rings. The number of aromatic nitrogens is 2. The number of aryl methyl sites for hydroxylation is 2. The third kappa shape index (κ3) is 0.690. The van der Waals surface area contributed by atoms with Gasteiger partial charge in [-0.05, 0) is 25.4 Å². The first-order valence-corrected chi connectivity index (χ1v) is 4.56. The van der Waals surface area contributed by atoms with E-state index in [2.05, 4.69) is 23.4 Å². The Labute approximate surface area is 66.7 Å². The molecule has 0 amide bonds. The monoisotopic (exact) mass is 170 g/mol. The predicted molar refractivity (Wildman–Crippen MR) is 44.8 cm³/mol. The molecule has 4 heteroatoms. The van der Waals surface area contributed by atoms with Gasteiger partial charge in [-0.2, -0.15) is 0 Å². The highest BCUT2D eigenvalue weighted by Gasteiger charge is 2.07. The van der Waals surface area contributed by atoms with Gasteiger partial charge in [-0.1, -0.05) is 4.49 Å². The number of nitrogens with zero attached hydrogens (tertiary/aromatic N) is 2. The minimum absolute atomic E-state index is 1.09. The van der Waals surface area contributed by atoms with E-state index in [1.54, 1.807) is 11.3 Å². The van der Waals surface area contributed by atoms with E-state index >= 15 is 0 Å². The molecule has 2 aromatic rings. The normalized spacial score (nSPS) is 11.0. The summed E-state index contributed by atoms with van der Waals surface area (Å²) >= 11 is 3.28. The first kappa shape index (κ1) is 6.24. The van der Waals surface area contributed by atoms with E-state index < -0.39 is 0 Å². The predicted octanol–water partition coefficient (Wildman–Crippen LogP) is 2.37. The lowest BCUT2D eigenvalue weighted by atomic mass is 10.4. The summed E-state index contributed by atoms with van der Waals surface area (Å²) in [6.45, 7) is 4.20. The van der Waals surface area contributed by atoms with Crippen molar-refractivity contribution < 1.29 is 0 Å². The molecule has 0 saturated heterocycles. The Morgan fingerprint density at radius 3 is 2.70 bits per heavy atom.